The number of thiophene rings is 1. The predicted octanol–water partition coefficient (Wildman–Crippen LogP) is 5.19. The highest BCUT2D eigenvalue weighted by Gasteiger charge is 2.11. The van der Waals surface area contributed by atoms with Gasteiger partial charge in [0.25, 0.3) is 5.91 Å². The third-order valence-electron chi connectivity index (χ3n) is 2.90. The number of nitrogens with one attached hydrogen (secondary N) is 1. The average Bonchev–Trinajstić information content (AvgIpc) is 3.09. The molecule has 0 saturated carbocycles. The van der Waals surface area contributed by atoms with Crippen LogP contribution in [0.2, 0.25) is 0 Å². The number of halogens is 1. The first kappa shape index (κ1) is 14.4. The SMILES string of the molecule is Cc1ccc(-c2csc(NC(=O)c3csc(Br)c3)n2)cc1. The Hall–Kier alpha value is -1.50. The number of hydrogen-bond donors (Lipinski definition) is 1. The van der Waals surface area contributed by atoms with Crippen LogP contribution in [0.5, 0.6) is 0 Å². The molecule has 2 heterocycles. The Labute approximate surface area is 138 Å². The van der Waals surface area contributed by atoms with Crippen molar-refractivity contribution in [3.63, 3.8) is 0 Å². The third kappa shape index (κ3) is 3.40. The van der Waals surface area contributed by atoms with Crippen molar-refractivity contribution in [3.8, 4) is 11.3 Å². The van der Waals surface area contributed by atoms with Crippen molar-refractivity contribution in [2.45, 2.75) is 6.92 Å². The molecule has 0 unspecified atom stereocenters. The molecule has 0 spiro atoms. The number of rotatable bonds is 3. The van der Waals surface area contributed by atoms with Crippen molar-refractivity contribution in [2.75, 3.05) is 5.32 Å². The molecule has 0 fully saturated rings. The Morgan fingerprint density at radius 1 is 1.19 bits per heavy atom. The van der Waals surface area contributed by atoms with Gasteiger partial charge in [-0.2, -0.15) is 0 Å². The minimum absolute atomic E-state index is 0.137. The summed E-state index contributed by atoms with van der Waals surface area (Å²) in [7, 11) is 0. The maximum absolute atomic E-state index is 12.1. The van der Waals surface area contributed by atoms with Crippen molar-refractivity contribution in [1.29, 1.82) is 0 Å². The Kier molecular flexibility index (Phi) is 4.19. The van der Waals surface area contributed by atoms with Gasteiger partial charge in [0.2, 0.25) is 0 Å². The lowest BCUT2D eigenvalue weighted by Gasteiger charge is -1.99. The van der Waals surface area contributed by atoms with Crippen molar-refractivity contribution in [3.05, 3.63) is 56.0 Å². The fraction of sp³-hybridized carbons (Fsp3) is 0.0667. The van der Waals surface area contributed by atoms with Crippen molar-refractivity contribution < 1.29 is 4.79 Å². The molecule has 1 N–H and O–H groups in total. The molecule has 0 bridgehead atoms. The van der Waals surface area contributed by atoms with E-state index in [0.717, 1.165) is 15.0 Å². The van der Waals surface area contributed by atoms with Gasteiger partial charge in [-0.1, -0.05) is 29.8 Å². The van der Waals surface area contributed by atoms with Crippen molar-refractivity contribution in [1.82, 2.24) is 4.98 Å². The van der Waals surface area contributed by atoms with Crippen LogP contribution in [0.3, 0.4) is 0 Å². The molecule has 3 rings (SSSR count). The van der Waals surface area contributed by atoms with Crippen LogP contribution >= 0.6 is 38.6 Å². The predicted molar refractivity (Wildman–Crippen MR) is 92.3 cm³/mol. The lowest BCUT2D eigenvalue weighted by molar-refractivity contribution is 0.102. The Bertz CT molecular complexity index is 777. The number of hydrogen-bond acceptors (Lipinski definition) is 4. The minimum Gasteiger partial charge on any atom is -0.298 e. The van der Waals surface area contributed by atoms with E-state index < -0.39 is 0 Å². The molecule has 106 valence electrons. The van der Waals surface area contributed by atoms with Gasteiger partial charge in [-0.3, -0.25) is 10.1 Å². The van der Waals surface area contributed by atoms with Gasteiger partial charge < -0.3 is 0 Å². The number of anilines is 1. The quantitative estimate of drug-likeness (QED) is 0.680. The maximum Gasteiger partial charge on any atom is 0.258 e. The summed E-state index contributed by atoms with van der Waals surface area (Å²) in [6, 6.07) is 9.97. The first-order chi connectivity index (χ1) is 10.1. The number of aryl methyl sites for hydroxylation is 1. The zero-order valence-corrected chi connectivity index (χ0v) is 14.3. The fourth-order valence-electron chi connectivity index (χ4n) is 1.79. The summed E-state index contributed by atoms with van der Waals surface area (Å²) in [5.74, 6) is -0.137. The first-order valence-electron chi connectivity index (χ1n) is 6.20. The second kappa shape index (κ2) is 6.09. The molecule has 2 aromatic heterocycles. The molecule has 0 aliphatic heterocycles. The second-order valence-electron chi connectivity index (χ2n) is 4.50. The van der Waals surface area contributed by atoms with Crippen LogP contribution in [0, 0.1) is 6.92 Å². The molecule has 3 nitrogen and oxygen atoms in total. The molecule has 0 radical (unpaired) electrons. The van der Waals surface area contributed by atoms with E-state index in [0.29, 0.717) is 10.7 Å². The van der Waals surface area contributed by atoms with Crippen LogP contribution < -0.4 is 5.32 Å². The van der Waals surface area contributed by atoms with E-state index in [-0.39, 0.29) is 5.91 Å². The van der Waals surface area contributed by atoms with E-state index in [4.69, 9.17) is 0 Å². The topological polar surface area (TPSA) is 42.0 Å². The summed E-state index contributed by atoms with van der Waals surface area (Å²) in [4.78, 5) is 16.5. The standard InChI is InChI=1S/C15H11BrN2OS2/c1-9-2-4-10(5-3-9)12-8-21-15(17-12)18-14(19)11-6-13(16)20-7-11/h2-8H,1H3,(H,17,18,19). The number of carbonyl (C=O) groups is 1. The van der Waals surface area contributed by atoms with Crippen LogP contribution in [0.15, 0.2) is 44.9 Å². The minimum atomic E-state index is -0.137. The smallest absolute Gasteiger partial charge is 0.258 e. The molecule has 1 aromatic carbocycles. The third-order valence-corrected chi connectivity index (χ3v) is 5.16. The largest absolute Gasteiger partial charge is 0.298 e. The van der Waals surface area contributed by atoms with Crippen LogP contribution in [0.1, 0.15) is 15.9 Å². The number of carbonyl (C=O) groups excluding carboxylic acids is 1. The Balaban J connectivity index is 1.76. The molecule has 6 heteroatoms. The summed E-state index contributed by atoms with van der Waals surface area (Å²) in [5.41, 5.74) is 3.78. The van der Waals surface area contributed by atoms with Gasteiger partial charge in [0, 0.05) is 16.3 Å². The van der Waals surface area contributed by atoms with Gasteiger partial charge in [-0.05, 0) is 28.9 Å². The number of amides is 1. The van der Waals surface area contributed by atoms with Crippen molar-refractivity contribution >= 4 is 49.6 Å². The zero-order valence-electron chi connectivity index (χ0n) is 11.1. The van der Waals surface area contributed by atoms with E-state index in [9.17, 15) is 4.79 Å². The lowest BCUT2D eigenvalue weighted by atomic mass is 10.1. The van der Waals surface area contributed by atoms with E-state index in [1.54, 1.807) is 6.07 Å². The first-order valence-corrected chi connectivity index (χ1v) is 8.75. The van der Waals surface area contributed by atoms with Crippen LogP contribution in [-0.4, -0.2) is 10.9 Å². The average molecular weight is 379 g/mol. The maximum atomic E-state index is 12.1. The van der Waals surface area contributed by atoms with Crippen LogP contribution in [0.25, 0.3) is 11.3 Å². The Morgan fingerprint density at radius 3 is 2.62 bits per heavy atom. The number of thiazole rings is 1. The molecule has 1 amide bonds. The van der Waals surface area contributed by atoms with Crippen LogP contribution in [0.4, 0.5) is 5.13 Å². The number of nitrogens with zero attached hydrogens (tertiary/aromatic N) is 1. The zero-order chi connectivity index (χ0) is 14.8. The van der Waals surface area contributed by atoms with Gasteiger partial charge in [0.15, 0.2) is 5.13 Å². The highest BCUT2D eigenvalue weighted by Crippen LogP contribution is 2.26. The summed E-state index contributed by atoms with van der Waals surface area (Å²) in [5, 5.41) is 7.20. The highest BCUT2D eigenvalue weighted by atomic mass is 79.9. The molecular formula is C15H11BrN2OS2. The van der Waals surface area contributed by atoms with Gasteiger partial charge in [-0.15, -0.1) is 22.7 Å². The molecule has 0 aliphatic rings. The number of benzene rings is 1. The van der Waals surface area contributed by atoms with Gasteiger partial charge >= 0.3 is 0 Å². The highest BCUT2D eigenvalue weighted by molar-refractivity contribution is 9.11. The molecule has 3 aromatic rings. The summed E-state index contributed by atoms with van der Waals surface area (Å²) >= 11 is 6.26. The summed E-state index contributed by atoms with van der Waals surface area (Å²) < 4.78 is 0.937. The van der Waals surface area contributed by atoms with E-state index in [2.05, 4.69) is 45.3 Å². The van der Waals surface area contributed by atoms with Gasteiger partial charge in [0.1, 0.15) is 0 Å². The monoisotopic (exact) mass is 378 g/mol. The molecule has 0 atom stereocenters. The lowest BCUT2D eigenvalue weighted by Crippen LogP contribution is -2.10. The van der Waals surface area contributed by atoms with Gasteiger partial charge in [-0.25, -0.2) is 4.98 Å². The molecule has 0 saturated heterocycles. The van der Waals surface area contributed by atoms with E-state index in [1.807, 2.05) is 22.9 Å². The van der Waals surface area contributed by atoms with E-state index >= 15 is 0 Å². The summed E-state index contributed by atoms with van der Waals surface area (Å²) in [6.45, 7) is 2.05. The normalized spacial score (nSPS) is 10.6. The molecule has 21 heavy (non-hydrogen) atoms. The molecular weight excluding hydrogens is 368 g/mol. The summed E-state index contributed by atoms with van der Waals surface area (Å²) in [6.07, 6.45) is 0. The molecule has 0 aliphatic carbocycles. The fourth-order valence-corrected chi connectivity index (χ4v) is 3.64. The number of aromatic nitrogens is 1. The second-order valence-corrected chi connectivity index (χ2v) is 7.65. The Morgan fingerprint density at radius 2 is 1.95 bits per heavy atom. The van der Waals surface area contributed by atoms with Crippen molar-refractivity contribution in [2.24, 2.45) is 0 Å². The van der Waals surface area contributed by atoms with Crippen LogP contribution in [-0.2, 0) is 0 Å². The van der Waals surface area contributed by atoms with Gasteiger partial charge in [0.05, 0.1) is 15.0 Å². The van der Waals surface area contributed by atoms with E-state index in [1.165, 1.54) is 28.2 Å².